The van der Waals surface area contributed by atoms with Crippen LogP contribution in [0.15, 0.2) is 12.3 Å². The van der Waals surface area contributed by atoms with Crippen molar-refractivity contribution in [3.63, 3.8) is 0 Å². The van der Waals surface area contributed by atoms with E-state index in [1.54, 1.807) is 15.6 Å². The van der Waals surface area contributed by atoms with Crippen LogP contribution in [0.2, 0.25) is 0 Å². The smallest absolute Gasteiger partial charge is 0.274 e. The van der Waals surface area contributed by atoms with Gasteiger partial charge < -0.3 is 20.3 Å². The standard InChI is InChI=1S/C25H41N5O4/c1-4-19(3)21-22(31)26-13-8-18-34-17-7-6-10-25(24(33)27-21)11-15-29(16-12-25)23(32)20-9-14-30(5-2)28-20/h9,14,19,21H,4-8,10-13,15-18H2,1-3H3,(H,26,31)(H,27,33)/t19-,21-/m0/s1. The summed E-state index contributed by atoms with van der Waals surface area (Å²) in [5, 5.41) is 10.4. The number of ether oxygens (including phenoxy) is 1. The van der Waals surface area contributed by atoms with Crippen molar-refractivity contribution in [3.8, 4) is 0 Å². The molecule has 3 heterocycles. The molecule has 0 unspecified atom stereocenters. The number of piperidine rings is 1. The third-order valence-electron chi connectivity index (χ3n) is 7.41. The molecule has 0 bridgehead atoms. The number of amides is 3. The minimum absolute atomic E-state index is 0.0282. The summed E-state index contributed by atoms with van der Waals surface area (Å²) in [6.07, 6.45) is 7.02. The molecule has 2 fully saturated rings. The second-order valence-electron chi connectivity index (χ2n) is 9.68. The minimum Gasteiger partial charge on any atom is -0.381 e. The number of hydrogen-bond acceptors (Lipinski definition) is 5. The van der Waals surface area contributed by atoms with E-state index in [4.69, 9.17) is 4.74 Å². The van der Waals surface area contributed by atoms with E-state index in [0.29, 0.717) is 57.9 Å². The van der Waals surface area contributed by atoms with Crippen molar-refractivity contribution in [1.29, 1.82) is 0 Å². The average molecular weight is 476 g/mol. The zero-order chi connectivity index (χ0) is 24.6. The van der Waals surface area contributed by atoms with Crippen molar-refractivity contribution in [3.05, 3.63) is 18.0 Å². The van der Waals surface area contributed by atoms with Gasteiger partial charge in [0.05, 0.1) is 5.41 Å². The highest BCUT2D eigenvalue weighted by molar-refractivity contribution is 5.93. The summed E-state index contributed by atoms with van der Waals surface area (Å²) in [5.74, 6) is -0.253. The maximum atomic E-state index is 13.7. The molecule has 0 aliphatic carbocycles. The van der Waals surface area contributed by atoms with Crippen molar-refractivity contribution < 1.29 is 19.1 Å². The summed E-state index contributed by atoms with van der Waals surface area (Å²) in [5.41, 5.74) is -0.144. The molecule has 1 spiro atoms. The maximum Gasteiger partial charge on any atom is 0.274 e. The Morgan fingerprint density at radius 3 is 2.59 bits per heavy atom. The Morgan fingerprint density at radius 1 is 1.18 bits per heavy atom. The summed E-state index contributed by atoms with van der Waals surface area (Å²) in [7, 11) is 0. The molecular weight excluding hydrogens is 434 g/mol. The van der Waals surface area contributed by atoms with Crippen LogP contribution in [0.3, 0.4) is 0 Å². The van der Waals surface area contributed by atoms with E-state index >= 15 is 0 Å². The first kappa shape index (κ1) is 26.2. The highest BCUT2D eigenvalue weighted by atomic mass is 16.5. The van der Waals surface area contributed by atoms with Gasteiger partial charge in [0.25, 0.3) is 5.91 Å². The topological polar surface area (TPSA) is 106 Å². The third-order valence-corrected chi connectivity index (χ3v) is 7.41. The van der Waals surface area contributed by atoms with Gasteiger partial charge in [-0.25, -0.2) is 0 Å². The number of carbonyl (C=O) groups is 3. The molecular formula is C25H41N5O4. The van der Waals surface area contributed by atoms with Crippen molar-refractivity contribution in [2.24, 2.45) is 11.3 Å². The number of carbonyl (C=O) groups excluding carboxylic acids is 3. The van der Waals surface area contributed by atoms with Crippen LogP contribution in [0.25, 0.3) is 0 Å². The lowest BCUT2D eigenvalue weighted by Crippen LogP contribution is -2.57. The number of likely N-dealkylation sites (tertiary alicyclic amines) is 1. The lowest BCUT2D eigenvalue weighted by Gasteiger charge is -2.41. The highest BCUT2D eigenvalue weighted by Crippen LogP contribution is 2.38. The predicted octanol–water partition coefficient (Wildman–Crippen LogP) is 2.36. The molecule has 3 amide bonds. The van der Waals surface area contributed by atoms with Crippen LogP contribution in [-0.4, -0.2) is 71.3 Å². The quantitative estimate of drug-likeness (QED) is 0.696. The molecule has 0 aromatic carbocycles. The fourth-order valence-electron chi connectivity index (χ4n) is 4.80. The summed E-state index contributed by atoms with van der Waals surface area (Å²) in [6.45, 7) is 9.55. The van der Waals surface area contributed by atoms with Gasteiger partial charge in [-0.15, -0.1) is 0 Å². The molecule has 1 aromatic heterocycles. The molecule has 2 aliphatic heterocycles. The Balaban J connectivity index is 1.74. The fourth-order valence-corrected chi connectivity index (χ4v) is 4.80. The lowest BCUT2D eigenvalue weighted by molar-refractivity contribution is -0.139. The van der Waals surface area contributed by atoms with Crippen LogP contribution in [0.4, 0.5) is 0 Å². The normalized spacial score (nSPS) is 23.6. The van der Waals surface area contributed by atoms with Crippen LogP contribution in [0.1, 0.15) is 76.2 Å². The summed E-state index contributed by atoms with van der Waals surface area (Å²) < 4.78 is 7.45. The summed E-state index contributed by atoms with van der Waals surface area (Å²) in [6, 6.07) is 1.19. The van der Waals surface area contributed by atoms with Crippen molar-refractivity contribution in [2.45, 2.75) is 78.3 Å². The minimum atomic E-state index is -0.588. The summed E-state index contributed by atoms with van der Waals surface area (Å²) in [4.78, 5) is 41.3. The van der Waals surface area contributed by atoms with E-state index in [1.165, 1.54) is 0 Å². The number of hydrogen-bond donors (Lipinski definition) is 2. The van der Waals surface area contributed by atoms with Crippen LogP contribution < -0.4 is 10.6 Å². The highest BCUT2D eigenvalue weighted by Gasteiger charge is 2.43. The van der Waals surface area contributed by atoms with E-state index in [2.05, 4.69) is 15.7 Å². The monoisotopic (exact) mass is 475 g/mol. The van der Waals surface area contributed by atoms with E-state index in [1.807, 2.05) is 27.0 Å². The average Bonchev–Trinajstić information content (AvgIpc) is 3.34. The van der Waals surface area contributed by atoms with Gasteiger partial charge in [0, 0.05) is 45.6 Å². The van der Waals surface area contributed by atoms with Crippen molar-refractivity contribution >= 4 is 17.7 Å². The van der Waals surface area contributed by atoms with Crippen LogP contribution in [-0.2, 0) is 20.9 Å². The van der Waals surface area contributed by atoms with Gasteiger partial charge in [0.2, 0.25) is 11.8 Å². The lowest BCUT2D eigenvalue weighted by atomic mass is 9.73. The molecule has 9 nitrogen and oxygen atoms in total. The number of aromatic nitrogens is 2. The molecule has 3 rings (SSSR count). The van der Waals surface area contributed by atoms with Gasteiger partial charge in [0.15, 0.2) is 0 Å². The van der Waals surface area contributed by atoms with Gasteiger partial charge in [-0.05, 0) is 51.0 Å². The molecule has 0 radical (unpaired) electrons. The van der Waals surface area contributed by atoms with Crippen molar-refractivity contribution in [1.82, 2.24) is 25.3 Å². The Bertz CT molecular complexity index is 831. The van der Waals surface area contributed by atoms with Crippen molar-refractivity contribution in [2.75, 3.05) is 32.8 Å². The molecule has 2 aliphatic rings. The zero-order valence-electron chi connectivity index (χ0n) is 21.0. The maximum absolute atomic E-state index is 13.7. The second kappa shape index (κ2) is 12.3. The Labute approximate surface area is 203 Å². The molecule has 190 valence electrons. The van der Waals surface area contributed by atoms with Crippen LogP contribution in [0, 0.1) is 11.3 Å². The second-order valence-corrected chi connectivity index (χ2v) is 9.68. The Hall–Kier alpha value is -2.42. The van der Waals surface area contributed by atoms with Gasteiger partial charge in [0.1, 0.15) is 11.7 Å². The first-order valence-electron chi connectivity index (χ1n) is 12.9. The third kappa shape index (κ3) is 6.37. The number of nitrogens with zero attached hydrogens (tertiary/aromatic N) is 3. The number of rotatable bonds is 4. The van der Waals surface area contributed by atoms with Crippen LogP contribution in [0.5, 0.6) is 0 Å². The van der Waals surface area contributed by atoms with Gasteiger partial charge in [-0.2, -0.15) is 5.10 Å². The largest absolute Gasteiger partial charge is 0.381 e. The van der Waals surface area contributed by atoms with E-state index in [9.17, 15) is 14.4 Å². The van der Waals surface area contributed by atoms with Crippen LogP contribution >= 0.6 is 0 Å². The molecule has 2 atom stereocenters. The SMILES string of the molecule is CC[C@H](C)[C@@H]1NC(=O)C2(CCCCOCCCNC1=O)CCN(C(=O)c1ccn(CC)n1)CC2. The fraction of sp³-hybridized carbons (Fsp3) is 0.760. The molecule has 2 N–H and O–H groups in total. The Kier molecular flexibility index (Phi) is 9.50. The molecule has 34 heavy (non-hydrogen) atoms. The number of aryl methyl sites for hydroxylation is 1. The Morgan fingerprint density at radius 2 is 1.91 bits per heavy atom. The van der Waals surface area contributed by atoms with Gasteiger partial charge >= 0.3 is 0 Å². The van der Waals surface area contributed by atoms with E-state index in [-0.39, 0.29) is 23.6 Å². The molecule has 2 saturated heterocycles. The molecule has 1 aromatic rings. The van der Waals surface area contributed by atoms with E-state index in [0.717, 1.165) is 32.1 Å². The first-order chi connectivity index (χ1) is 16.4. The van der Waals surface area contributed by atoms with Gasteiger partial charge in [-0.1, -0.05) is 26.7 Å². The zero-order valence-corrected chi connectivity index (χ0v) is 21.0. The molecule has 9 heteroatoms. The number of nitrogens with one attached hydrogen (secondary N) is 2. The summed E-state index contributed by atoms with van der Waals surface area (Å²) >= 11 is 0. The molecule has 0 saturated carbocycles. The first-order valence-corrected chi connectivity index (χ1v) is 12.9. The van der Waals surface area contributed by atoms with Gasteiger partial charge in [-0.3, -0.25) is 19.1 Å². The van der Waals surface area contributed by atoms with E-state index < -0.39 is 11.5 Å². The predicted molar refractivity (Wildman–Crippen MR) is 129 cm³/mol.